The van der Waals surface area contributed by atoms with Gasteiger partial charge in [-0.25, -0.2) is 0 Å². The first-order valence-electron chi connectivity index (χ1n) is 4.66. The van der Waals surface area contributed by atoms with Gasteiger partial charge in [0.05, 0.1) is 6.26 Å². The van der Waals surface area contributed by atoms with Crippen molar-refractivity contribution in [2.45, 2.75) is 0 Å². The van der Waals surface area contributed by atoms with Crippen LogP contribution in [0, 0.1) is 0 Å². The second-order valence-corrected chi connectivity index (χ2v) is 5.00. The molecule has 90 valence electrons. The van der Waals surface area contributed by atoms with Gasteiger partial charge in [-0.3, -0.25) is 0 Å². The van der Waals surface area contributed by atoms with E-state index in [1.807, 2.05) is 0 Å². The monoisotopic (exact) mass is 254 g/mol. The molecule has 2 rings (SSSR count). The van der Waals surface area contributed by atoms with E-state index in [2.05, 4.69) is 5.16 Å². The standard InChI is InChI=1S/C10H10N2O4S/c1-17(13,14)16-8-4-2-7(3-5-8)9-6-10(11)12-15-9/h2-6H,1H3,(H2,11,12). The van der Waals surface area contributed by atoms with Gasteiger partial charge < -0.3 is 14.4 Å². The van der Waals surface area contributed by atoms with Crippen molar-refractivity contribution in [2.75, 3.05) is 12.0 Å². The first-order chi connectivity index (χ1) is 7.94. The Balaban J connectivity index is 2.24. The molecule has 0 saturated carbocycles. The lowest BCUT2D eigenvalue weighted by atomic mass is 10.2. The van der Waals surface area contributed by atoms with Crippen molar-refractivity contribution >= 4 is 15.9 Å². The fraction of sp³-hybridized carbons (Fsp3) is 0.100. The van der Waals surface area contributed by atoms with Crippen molar-refractivity contribution in [1.29, 1.82) is 0 Å². The molecule has 0 spiro atoms. The summed E-state index contributed by atoms with van der Waals surface area (Å²) in [5.74, 6) is 1.04. The maximum Gasteiger partial charge on any atom is 0.306 e. The van der Waals surface area contributed by atoms with Crippen LogP contribution in [0.5, 0.6) is 5.75 Å². The third-order valence-electron chi connectivity index (χ3n) is 1.91. The van der Waals surface area contributed by atoms with Crippen LogP contribution < -0.4 is 9.92 Å². The number of hydrogen-bond acceptors (Lipinski definition) is 6. The third-order valence-corrected chi connectivity index (χ3v) is 2.41. The summed E-state index contributed by atoms with van der Waals surface area (Å²) in [5, 5.41) is 3.55. The topological polar surface area (TPSA) is 95.4 Å². The van der Waals surface area contributed by atoms with Crippen molar-refractivity contribution in [3.8, 4) is 17.1 Å². The van der Waals surface area contributed by atoms with E-state index in [1.165, 1.54) is 12.1 Å². The number of benzene rings is 1. The Kier molecular flexibility index (Phi) is 2.76. The molecule has 1 aromatic carbocycles. The molecule has 2 aromatic rings. The van der Waals surface area contributed by atoms with Crippen molar-refractivity contribution < 1.29 is 17.1 Å². The zero-order chi connectivity index (χ0) is 12.5. The summed E-state index contributed by atoms with van der Waals surface area (Å²) >= 11 is 0. The van der Waals surface area contributed by atoms with Crippen molar-refractivity contribution in [1.82, 2.24) is 5.16 Å². The Hall–Kier alpha value is -2.02. The van der Waals surface area contributed by atoms with E-state index in [9.17, 15) is 8.42 Å². The van der Waals surface area contributed by atoms with Crippen molar-refractivity contribution in [3.05, 3.63) is 30.3 Å². The summed E-state index contributed by atoms with van der Waals surface area (Å²) in [4.78, 5) is 0. The van der Waals surface area contributed by atoms with Crippen LogP contribution in [0.4, 0.5) is 5.82 Å². The maximum atomic E-state index is 10.9. The summed E-state index contributed by atoms with van der Waals surface area (Å²) in [7, 11) is -3.51. The molecule has 1 heterocycles. The summed E-state index contributed by atoms with van der Waals surface area (Å²) < 4.78 is 31.4. The molecule has 0 aliphatic carbocycles. The van der Waals surface area contributed by atoms with Crippen LogP contribution in [0.1, 0.15) is 0 Å². The minimum Gasteiger partial charge on any atom is -0.383 e. The highest BCUT2D eigenvalue weighted by molar-refractivity contribution is 7.86. The van der Waals surface area contributed by atoms with E-state index in [1.54, 1.807) is 18.2 Å². The molecule has 0 amide bonds. The van der Waals surface area contributed by atoms with Gasteiger partial charge in [-0.05, 0) is 24.3 Å². The normalized spacial score (nSPS) is 11.4. The molecule has 0 fully saturated rings. The smallest absolute Gasteiger partial charge is 0.306 e. The van der Waals surface area contributed by atoms with Gasteiger partial charge in [0.1, 0.15) is 5.75 Å². The van der Waals surface area contributed by atoms with E-state index in [0.717, 1.165) is 11.8 Å². The highest BCUT2D eigenvalue weighted by atomic mass is 32.2. The van der Waals surface area contributed by atoms with E-state index in [-0.39, 0.29) is 11.6 Å². The number of aromatic nitrogens is 1. The third kappa shape index (κ3) is 2.97. The Morgan fingerprint density at radius 2 is 1.94 bits per heavy atom. The van der Waals surface area contributed by atoms with E-state index in [0.29, 0.717) is 5.76 Å². The maximum absolute atomic E-state index is 10.9. The van der Waals surface area contributed by atoms with Gasteiger partial charge in [0.15, 0.2) is 11.6 Å². The molecule has 0 radical (unpaired) electrons. The molecule has 0 saturated heterocycles. The van der Waals surface area contributed by atoms with Crippen LogP contribution in [0.25, 0.3) is 11.3 Å². The lowest BCUT2D eigenvalue weighted by molar-refractivity contribution is 0.436. The number of nitrogens with zero attached hydrogens (tertiary/aromatic N) is 1. The second kappa shape index (κ2) is 4.10. The van der Waals surface area contributed by atoms with Gasteiger partial charge in [0, 0.05) is 11.6 Å². The van der Waals surface area contributed by atoms with Gasteiger partial charge in [0.2, 0.25) is 0 Å². The lowest BCUT2D eigenvalue weighted by Crippen LogP contribution is -2.05. The molecule has 0 aliphatic rings. The van der Waals surface area contributed by atoms with E-state index >= 15 is 0 Å². The summed E-state index contributed by atoms with van der Waals surface area (Å²) in [6, 6.07) is 7.93. The predicted molar refractivity (Wildman–Crippen MR) is 61.8 cm³/mol. The number of hydrogen-bond donors (Lipinski definition) is 1. The summed E-state index contributed by atoms with van der Waals surface area (Å²) in [6.45, 7) is 0. The number of nitrogen functional groups attached to an aromatic ring is 1. The van der Waals surface area contributed by atoms with Gasteiger partial charge in [-0.1, -0.05) is 5.16 Å². The lowest BCUT2D eigenvalue weighted by Gasteiger charge is -2.02. The van der Waals surface area contributed by atoms with Gasteiger partial charge >= 0.3 is 10.1 Å². The van der Waals surface area contributed by atoms with Crippen LogP contribution >= 0.6 is 0 Å². The highest BCUT2D eigenvalue weighted by Crippen LogP contribution is 2.24. The van der Waals surface area contributed by atoms with Gasteiger partial charge in [-0.2, -0.15) is 8.42 Å². The molecule has 6 nitrogen and oxygen atoms in total. The van der Waals surface area contributed by atoms with Crippen LogP contribution in [-0.2, 0) is 10.1 Å². The molecular weight excluding hydrogens is 244 g/mol. The van der Waals surface area contributed by atoms with E-state index in [4.69, 9.17) is 14.4 Å². The van der Waals surface area contributed by atoms with Crippen LogP contribution in [0.3, 0.4) is 0 Å². The largest absolute Gasteiger partial charge is 0.383 e. The SMILES string of the molecule is CS(=O)(=O)Oc1ccc(-c2cc(N)no2)cc1. The Morgan fingerprint density at radius 3 is 2.41 bits per heavy atom. The average molecular weight is 254 g/mol. The molecule has 0 bridgehead atoms. The Morgan fingerprint density at radius 1 is 1.29 bits per heavy atom. The fourth-order valence-electron chi connectivity index (χ4n) is 1.27. The Labute approximate surface area is 98.1 Å². The predicted octanol–water partition coefficient (Wildman–Crippen LogP) is 1.26. The second-order valence-electron chi connectivity index (χ2n) is 3.43. The molecule has 0 aliphatic heterocycles. The number of nitrogens with two attached hydrogens (primary N) is 1. The van der Waals surface area contributed by atoms with Crippen molar-refractivity contribution in [2.24, 2.45) is 0 Å². The quantitative estimate of drug-likeness (QED) is 0.828. The first kappa shape index (κ1) is 11.5. The molecule has 1 aromatic heterocycles. The molecule has 7 heteroatoms. The average Bonchev–Trinajstić information content (AvgIpc) is 2.63. The summed E-state index contributed by atoms with van der Waals surface area (Å²) in [6.07, 6.45) is 0.984. The molecule has 0 unspecified atom stereocenters. The fourth-order valence-corrected chi connectivity index (χ4v) is 1.74. The number of anilines is 1. The molecule has 17 heavy (non-hydrogen) atoms. The minimum atomic E-state index is -3.51. The van der Waals surface area contributed by atoms with Gasteiger partial charge in [-0.15, -0.1) is 0 Å². The summed E-state index contributed by atoms with van der Waals surface area (Å²) in [5.41, 5.74) is 6.15. The highest BCUT2D eigenvalue weighted by Gasteiger charge is 2.07. The van der Waals surface area contributed by atoms with Crippen LogP contribution in [0.15, 0.2) is 34.9 Å². The van der Waals surface area contributed by atoms with Crippen LogP contribution in [-0.4, -0.2) is 19.8 Å². The molecular formula is C10H10N2O4S. The van der Waals surface area contributed by atoms with E-state index < -0.39 is 10.1 Å². The zero-order valence-corrected chi connectivity index (χ0v) is 9.77. The number of rotatable bonds is 3. The molecule has 0 atom stereocenters. The van der Waals surface area contributed by atoms with Crippen LogP contribution in [0.2, 0.25) is 0 Å². The first-order valence-corrected chi connectivity index (χ1v) is 6.48. The Bertz CT molecular complexity index is 616. The zero-order valence-electron chi connectivity index (χ0n) is 8.95. The van der Waals surface area contributed by atoms with Crippen molar-refractivity contribution in [3.63, 3.8) is 0 Å². The molecule has 2 N–H and O–H groups in total. The van der Waals surface area contributed by atoms with Gasteiger partial charge in [0.25, 0.3) is 0 Å². The minimum absolute atomic E-state index is 0.240.